The van der Waals surface area contributed by atoms with Crippen molar-refractivity contribution in [2.24, 2.45) is 0 Å². The van der Waals surface area contributed by atoms with E-state index in [1.54, 1.807) is 20.8 Å². The summed E-state index contributed by atoms with van der Waals surface area (Å²) in [6.45, 7) is 5.16. The molecule has 0 fully saturated rings. The zero-order valence-corrected chi connectivity index (χ0v) is 12.0. The van der Waals surface area contributed by atoms with Crippen molar-refractivity contribution in [1.29, 1.82) is 0 Å². The normalized spacial score (nSPS) is 27.6. The molecule has 2 aliphatic rings. The third kappa shape index (κ3) is 1.73. The van der Waals surface area contributed by atoms with Gasteiger partial charge >= 0.3 is 5.97 Å². The molecule has 0 radical (unpaired) electrons. The first kappa shape index (κ1) is 13.4. The van der Waals surface area contributed by atoms with Crippen LogP contribution in [0, 0.1) is 6.92 Å². The summed E-state index contributed by atoms with van der Waals surface area (Å²) in [7, 11) is 1.34. The molecule has 3 heterocycles. The van der Waals surface area contributed by atoms with Crippen LogP contribution < -0.4 is 0 Å². The summed E-state index contributed by atoms with van der Waals surface area (Å²) in [4.78, 5) is 12.0. The number of hydrogen-bond donors (Lipinski definition) is 1. The first-order chi connectivity index (χ1) is 9.34. The molecule has 0 saturated heterocycles. The SMILES string of the molecule is COC(=O)c1c(C)oc2c1C1C=CC(O1)C2C(C)(C)O. The fourth-order valence-electron chi connectivity index (χ4n) is 3.15. The van der Waals surface area contributed by atoms with Crippen molar-refractivity contribution < 1.29 is 23.8 Å². The molecule has 0 aromatic carbocycles. The van der Waals surface area contributed by atoms with E-state index in [1.165, 1.54) is 7.11 Å². The number of fused-ring (bicyclic) bond motifs is 4. The number of hydrogen-bond acceptors (Lipinski definition) is 5. The number of furan rings is 1. The van der Waals surface area contributed by atoms with Gasteiger partial charge in [-0.2, -0.15) is 0 Å². The molecule has 1 aromatic heterocycles. The van der Waals surface area contributed by atoms with Crippen molar-refractivity contribution in [2.45, 2.75) is 44.5 Å². The summed E-state index contributed by atoms with van der Waals surface area (Å²) >= 11 is 0. The molecule has 1 N–H and O–H groups in total. The van der Waals surface area contributed by atoms with E-state index in [2.05, 4.69) is 0 Å². The molecule has 108 valence electrons. The van der Waals surface area contributed by atoms with E-state index in [4.69, 9.17) is 13.9 Å². The van der Waals surface area contributed by atoms with Gasteiger partial charge in [-0.25, -0.2) is 4.79 Å². The molecule has 3 rings (SSSR count). The summed E-state index contributed by atoms with van der Waals surface area (Å²) in [6, 6.07) is 0. The summed E-state index contributed by atoms with van der Waals surface area (Å²) in [5.74, 6) is 0.344. The van der Waals surface area contributed by atoms with E-state index in [-0.39, 0.29) is 18.1 Å². The standard InChI is InChI=1S/C15H18O5/c1-7-10(14(16)18-4)11-8-5-6-9(20-8)12(13(11)19-7)15(2,3)17/h5-6,8-9,12,17H,1-4H3. The van der Waals surface area contributed by atoms with Crippen LogP contribution in [0.2, 0.25) is 0 Å². The van der Waals surface area contributed by atoms with Gasteiger partial charge in [0, 0.05) is 5.56 Å². The smallest absolute Gasteiger partial charge is 0.341 e. The second-order valence-corrected chi connectivity index (χ2v) is 5.84. The maximum Gasteiger partial charge on any atom is 0.341 e. The minimum Gasteiger partial charge on any atom is -0.465 e. The molecule has 2 bridgehead atoms. The molecule has 0 amide bonds. The van der Waals surface area contributed by atoms with E-state index in [0.29, 0.717) is 22.6 Å². The predicted octanol–water partition coefficient (Wildman–Crippen LogP) is 2.24. The molecule has 2 aliphatic heterocycles. The van der Waals surface area contributed by atoms with Gasteiger partial charge in [0.25, 0.3) is 0 Å². The lowest BCUT2D eigenvalue weighted by Gasteiger charge is -2.36. The Hall–Kier alpha value is -1.59. The van der Waals surface area contributed by atoms with E-state index in [1.807, 2.05) is 12.2 Å². The summed E-state index contributed by atoms with van der Waals surface area (Å²) in [5, 5.41) is 10.4. The van der Waals surface area contributed by atoms with Gasteiger partial charge in [0.1, 0.15) is 23.2 Å². The van der Waals surface area contributed by atoms with E-state index in [0.717, 1.165) is 0 Å². The predicted molar refractivity (Wildman–Crippen MR) is 70.6 cm³/mol. The first-order valence-electron chi connectivity index (χ1n) is 6.62. The number of rotatable bonds is 2. The number of carbonyl (C=O) groups is 1. The maximum absolute atomic E-state index is 12.0. The van der Waals surface area contributed by atoms with Crippen LogP contribution in [0.15, 0.2) is 16.6 Å². The average molecular weight is 278 g/mol. The molecule has 0 spiro atoms. The Morgan fingerprint density at radius 2 is 2.10 bits per heavy atom. The third-order valence-electron chi connectivity index (χ3n) is 3.98. The number of aliphatic hydroxyl groups is 1. The maximum atomic E-state index is 12.0. The highest BCUT2D eigenvalue weighted by atomic mass is 16.5. The van der Waals surface area contributed by atoms with Gasteiger partial charge in [0.2, 0.25) is 0 Å². The summed E-state index contributed by atoms with van der Waals surface area (Å²) < 4.78 is 16.5. The molecular weight excluding hydrogens is 260 g/mol. The Morgan fingerprint density at radius 1 is 1.40 bits per heavy atom. The molecule has 3 unspecified atom stereocenters. The molecule has 5 heteroatoms. The van der Waals surface area contributed by atoms with Crippen LogP contribution in [0.25, 0.3) is 0 Å². The van der Waals surface area contributed by atoms with Crippen molar-refractivity contribution >= 4 is 5.97 Å². The number of ether oxygens (including phenoxy) is 2. The fraction of sp³-hybridized carbons (Fsp3) is 0.533. The van der Waals surface area contributed by atoms with Gasteiger partial charge < -0.3 is 19.0 Å². The average Bonchev–Trinajstić information content (AvgIpc) is 2.90. The van der Waals surface area contributed by atoms with Crippen molar-refractivity contribution in [1.82, 2.24) is 0 Å². The van der Waals surface area contributed by atoms with Crippen LogP contribution in [-0.4, -0.2) is 29.9 Å². The lowest BCUT2D eigenvalue weighted by molar-refractivity contribution is -0.0527. The fourth-order valence-corrected chi connectivity index (χ4v) is 3.15. The molecule has 1 aromatic rings. The first-order valence-corrected chi connectivity index (χ1v) is 6.62. The Morgan fingerprint density at radius 3 is 2.70 bits per heavy atom. The monoisotopic (exact) mass is 278 g/mol. The molecule has 0 saturated carbocycles. The van der Waals surface area contributed by atoms with Crippen LogP contribution in [-0.2, 0) is 9.47 Å². The molecule has 3 atom stereocenters. The quantitative estimate of drug-likeness (QED) is 0.663. The summed E-state index contributed by atoms with van der Waals surface area (Å²) in [6.07, 6.45) is 3.28. The lowest BCUT2D eigenvalue weighted by Crippen LogP contribution is -2.39. The van der Waals surface area contributed by atoms with Crippen LogP contribution in [0.5, 0.6) is 0 Å². The number of carbonyl (C=O) groups excluding carboxylic acids is 1. The number of esters is 1. The van der Waals surface area contributed by atoms with Crippen LogP contribution in [0.1, 0.15) is 53.3 Å². The van der Waals surface area contributed by atoms with Crippen LogP contribution in [0.3, 0.4) is 0 Å². The Labute approximate surface area is 117 Å². The minimum absolute atomic E-state index is 0.233. The zero-order valence-electron chi connectivity index (χ0n) is 12.0. The van der Waals surface area contributed by atoms with Gasteiger partial charge in [-0.3, -0.25) is 0 Å². The van der Waals surface area contributed by atoms with Gasteiger partial charge in [0.05, 0.1) is 24.7 Å². The van der Waals surface area contributed by atoms with E-state index in [9.17, 15) is 9.90 Å². The van der Waals surface area contributed by atoms with Crippen molar-refractivity contribution in [3.05, 3.63) is 34.8 Å². The highest BCUT2D eigenvalue weighted by Crippen LogP contribution is 2.50. The highest BCUT2D eigenvalue weighted by molar-refractivity contribution is 5.93. The number of methoxy groups -OCH3 is 1. The molecule has 0 aliphatic carbocycles. The highest BCUT2D eigenvalue weighted by Gasteiger charge is 2.49. The van der Waals surface area contributed by atoms with E-state index < -0.39 is 11.6 Å². The van der Waals surface area contributed by atoms with Gasteiger partial charge in [0.15, 0.2) is 0 Å². The number of aryl methyl sites for hydroxylation is 1. The molecule has 20 heavy (non-hydrogen) atoms. The molecular formula is C15H18O5. The van der Waals surface area contributed by atoms with E-state index >= 15 is 0 Å². The zero-order chi connectivity index (χ0) is 14.7. The van der Waals surface area contributed by atoms with Gasteiger partial charge in [-0.05, 0) is 20.8 Å². The second-order valence-electron chi connectivity index (χ2n) is 5.84. The second kappa shape index (κ2) is 4.20. The Kier molecular flexibility index (Phi) is 2.81. The molecule has 5 nitrogen and oxygen atoms in total. The third-order valence-corrected chi connectivity index (χ3v) is 3.98. The van der Waals surface area contributed by atoms with Crippen LogP contribution in [0.4, 0.5) is 0 Å². The van der Waals surface area contributed by atoms with Crippen molar-refractivity contribution in [3.63, 3.8) is 0 Å². The largest absolute Gasteiger partial charge is 0.465 e. The Bertz CT molecular complexity index is 590. The van der Waals surface area contributed by atoms with Gasteiger partial charge in [-0.1, -0.05) is 12.2 Å². The Balaban J connectivity index is 2.22. The lowest BCUT2D eigenvalue weighted by atomic mass is 9.81. The minimum atomic E-state index is -1.02. The topological polar surface area (TPSA) is 68.9 Å². The van der Waals surface area contributed by atoms with Crippen molar-refractivity contribution in [3.8, 4) is 0 Å². The van der Waals surface area contributed by atoms with Gasteiger partial charge in [-0.15, -0.1) is 0 Å². The van der Waals surface area contributed by atoms with Crippen LogP contribution >= 0.6 is 0 Å². The van der Waals surface area contributed by atoms with Crippen molar-refractivity contribution in [2.75, 3.05) is 7.11 Å². The summed E-state index contributed by atoms with van der Waals surface area (Å²) in [5.41, 5.74) is 0.0785.